The van der Waals surface area contributed by atoms with Gasteiger partial charge in [-0.1, -0.05) is 24.3 Å². The number of thiophene rings is 1. The molecule has 1 aliphatic rings. The predicted molar refractivity (Wildman–Crippen MR) is 106 cm³/mol. The van der Waals surface area contributed by atoms with Gasteiger partial charge in [0.1, 0.15) is 17.0 Å². The maximum Gasteiger partial charge on any atom is 0.425 e. The lowest BCUT2D eigenvalue weighted by Crippen LogP contribution is -2.34. The fourth-order valence-corrected chi connectivity index (χ4v) is 4.08. The molecule has 3 heterocycles. The monoisotopic (exact) mass is 436 g/mol. The first kappa shape index (κ1) is 20.3. The van der Waals surface area contributed by atoms with Gasteiger partial charge >= 0.3 is 11.9 Å². The molecule has 5 nitrogen and oxygen atoms in total. The minimum Gasteiger partial charge on any atom is -0.337 e. The lowest BCUT2D eigenvalue weighted by atomic mass is 9.99. The average molecular weight is 436 g/mol. The van der Waals surface area contributed by atoms with Crippen molar-refractivity contribution < 1.29 is 17.6 Å². The molecule has 0 atom stereocenters. The van der Waals surface area contributed by atoms with Gasteiger partial charge in [0.15, 0.2) is 0 Å². The van der Waals surface area contributed by atoms with E-state index < -0.39 is 16.7 Å². The average Bonchev–Trinajstić information content (AvgIpc) is 3.19. The molecule has 0 N–H and O–H groups in total. The first-order valence-electron chi connectivity index (χ1n) is 9.09. The van der Waals surface area contributed by atoms with Gasteiger partial charge in [0.2, 0.25) is 5.95 Å². The number of aromatic nitrogens is 3. The largest absolute Gasteiger partial charge is 0.425 e. The van der Waals surface area contributed by atoms with Gasteiger partial charge in [-0.05, 0) is 30.2 Å². The molecule has 0 saturated heterocycles. The third-order valence-electron chi connectivity index (χ3n) is 4.73. The molecule has 30 heavy (non-hydrogen) atoms. The molecular weight excluding hydrogens is 420 g/mol. The molecule has 0 amide bonds. The molecule has 0 fully saturated rings. The number of rotatable bonds is 4. The van der Waals surface area contributed by atoms with E-state index in [4.69, 9.17) is 0 Å². The highest BCUT2D eigenvalue weighted by molar-refractivity contribution is 7.12. The van der Waals surface area contributed by atoms with Crippen molar-refractivity contribution in [3.63, 3.8) is 0 Å². The third kappa shape index (κ3) is 4.28. The van der Waals surface area contributed by atoms with E-state index in [0.717, 1.165) is 11.6 Å². The van der Waals surface area contributed by atoms with Crippen molar-refractivity contribution in [2.24, 2.45) is 0 Å². The summed E-state index contributed by atoms with van der Waals surface area (Å²) in [6, 6.07) is 8.89. The van der Waals surface area contributed by atoms with Crippen molar-refractivity contribution in [3.8, 4) is 0 Å². The number of benzene rings is 1. The summed E-state index contributed by atoms with van der Waals surface area (Å²) < 4.78 is 53.3. The van der Waals surface area contributed by atoms with Crippen LogP contribution in [0.3, 0.4) is 0 Å². The van der Waals surface area contributed by atoms with E-state index in [0.29, 0.717) is 41.3 Å². The van der Waals surface area contributed by atoms with Crippen LogP contribution in [0.15, 0.2) is 53.6 Å². The van der Waals surface area contributed by atoms with Crippen LogP contribution < -0.4 is 10.6 Å². The van der Waals surface area contributed by atoms with E-state index in [-0.39, 0.29) is 18.3 Å². The van der Waals surface area contributed by atoms with Crippen LogP contribution in [0.2, 0.25) is 0 Å². The second-order valence-electron chi connectivity index (χ2n) is 6.74. The van der Waals surface area contributed by atoms with Crippen molar-refractivity contribution in [2.75, 3.05) is 18.0 Å². The lowest BCUT2D eigenvalue weighted by Gasteiger charge is -2.26. The third-order valence-corrected chi connectivity index (χ3v) is 5.85. The van der Waals surface area contributed by atoms with Crippen molar-refractivity contribution in [3.05, 3.63) is 80.4 Å². The highest BCUT2D eigenvalue weighted by Gasteiger charge is 2.32. The Morgan fingerprint density at radius 3 is 2.57 bits per heavy atom. The highest BCUT2D eigenvalue weighted by Crippen LogP contribution is 2.34. The van der Waals surface area contributed by atoms with Crippen molar-refractivity contribution in [1.29, 1.82) is 0 Å². The first-order valence-corrected chi connectivity index (χ1v) is 9.91. The van der Waals surface area contributed by atoms with Crippen LogP contribution in [0, 0.1) is 5.82 Å². The smallest absolute Gasteiger partial charge is 0.337 e. The molecule has 0 aliphatic carbocycles. The SMILES string of the molecule is O=c1nc(N2CC=C(c3ccccc3F)CC2)ncn1Cc1ccc(C(F)(F)F)s1. The van der Waals surface area contributed by atoms with Crippen molar-refractivity contribution in [1.82, 2.24) is 14.5 Å². The minimum absolute atomic E-state index is 0.0306. The van der Waals surface area contributed by atoms with E-state index in [9.17, 15) is 22.4 Å². The Hall–Kier alpha value is -3.01. The predicted octanol–water partition coefficient (Wildman–Crippen LogP) is 4.20. The molecule has 0 unspecified atom stereocenters. The van der Waals surface area contributed by atoms with Crippen molar-refractivity contribution >= 4 is 22.9 Å². The second-order valence-corrected chi connectivity index (χ2v) is 7.90. The quantitative estimate of drug-likeness (QED) is 0.576. The van der Waals surface area contributed by atoms with Crippen LogP contribution in [0.25, 0.3) is 5.57 Å². The summed E-state index contributed by atoms with van der Waals surface area (Å²) in [7, 11) is 0. The van der Waals surface area contributed by atoms with Gasteiger partial charge in [-0.3, -0.25) is 4.57 Å². The summed E-state index contributed by atoms with van der Waals surface area (Å²) in [6.45, 7) is 0.910. The van der Waals surface area contributed by atoms with Crippen LogP contribution in [-0.2, 0) is 12.7 Å². The minimum atomic E-state index is -4.41. The van der Waals surface area contributed by atoms with Crippen LogP contribution in [-0.4, -0.2) is 27.6 Å². The second kappa shape index (κ2) is 8.02. The summed E-state index contributed by atoms with van der Waals surface area (Å²) >= 11 is 0.586. The fraction of sp³-hybridized carbons (Fsp3) is 0.250. The Morgan fingerprint density at radius 2 is 1.93 bits per heavy atom. The van der Waals surface area contributed by atoms with Gasteiger partial charge in [0.05, 0.1) is 6.54 Å². The van der Waals surface area contributed by atoms with Crippen LogP contribution in [0.5, 0.6) is 0 Å². The van der Waals surface area contributed by atoms with Gasteiger partial charge < -0.3 is 4.90 Å². The van der Waals surface area contributed by atoms with E-state index in [2.05, 4.69) is 9.97 Å². The molecule has 1 aromatic carbocycles. The van der Waals surface area contributed by atoms with E-state index in [1.54, 1.807) is 23.1 Å². The zero-order chi connectivity index (χ0) is 21.3. The Morgan fingerprint density at radius 1 is 1.13 bits per heavy atom. The number of halogens is 4. The molecule has 3 aromatic rings. The molecule has 0 radical (unpaired) electrons. The van der Waals surface area contributed by atoms with Gasteiger partial charge in [-0.25, -0.2) is 14.2 Å². The Kier molecular flexibility index (Phi) is 5.42. The summed E-state index contributed by atoms with van der Waals surface area (Å²) in [5.41, 5.74) is 0.851. The molecule has 2 aromatic heterocycles. The number of alkyl halides is 3. The number of hydrogen-bond acceptors (Lipinski definition) is 5. The van der Waals surface area contributed by atoms with Crippen LogP contribution in [0.4, 0.5) is 23.5 Å². The van der Waals surface area contributed by atoms with Gasteiger partial charge in [-0.15, -0.1) is 11.3 Å². The molecule has 0 spiro atoms. The summed E-state index contributed by atoms with van der Waals surface area (Å²) in [5, 5.41) is 0. The Labute approximate surface area is 172 Å². The Bertz CT molecular complexity index is 1150. The lowest BCUT2D eigenvalue weighted by molar-refractivity contribution is -0.134. The summed E-state index contributed by atoms with van der Waals surface area (Å²) in [4.78, 5) is 21.9. The van der Waals surface area contributed by atoms with E-state index >= 15 is 0 Å². The summed E-state index contributed by atoms with van der Waals surface area (Å²) in [6.07, 6.45) is -0.671. The molecule has 1 aliphatic heterocycles. The first-order chi connectivity index (χ1) is 14.3. The zero-order valence-electron chi connectivity index (χ0n) is 15.6. The molecule has 4 rings (SSSR count). The zero-order valence-corrected chi connectivity index (χ0v) is 16.4. The maximum atomic E-state index is 14.0. The molecule has 0 bridgehead atoms. The number of anilines is 1. The van der Waals surface area contributed by atoms with Crippen LogP contribution in [0.1, 0.15) is 21.7 Å². The molecule has 156 valence electrons. The van der Waals surface area contributed by atoms with Crippen molar-refractivity contribution in [2.45, 2.75) is 19.1 Å². The van der Waals surface area contributed by atoms with Gasteiger partial charge in [0, 0.05) is 23.5 Å². The number of nitrogens with zero attached hydrogens (tertiary/aromatic N) is 4. The normalized spacial score (nSPS) is 14.7. The number of hydrogen-bond donors (Lipinski definition) is 0. The molecule has 0 saturated carbocycles. The van der Waals surface area contributed by atoms with Gasteiger partial charge in [0.25, 0.3) is 0 Å². The topological polar surface area (TPSA) is 51.0 Å². The van der Waals surface area contributed by atoms with E-state index in [1.807, 2.05) is 6.08 Å². The summed E-state index contributed by atoms with van der Waals surface area (Å²) in [5.74, 6) is -0.0412. The highest BCUT2D eigenvalue weighted by atomic mass is 32.1. The molecule has 10 heteroatoms. The fourth-order valence-electron chi connectivity index (χ4n) is 3.21. The molecular formula is C20H16F4N4OS. The van der Waals surface area contributed by atoms with E-state index in [1.165, 1.54) is 23.0 Å². The van der Waals surface area contributed by atoms with Gasteiger partial charge in [-0.2, -0.15) is 18.2 Å². The standard InChI is InChI=1S/C20H16F4N4OS/c21-16-4-2-1-3-15(16)13-7-9-27(10-8-13)18-25-12-28(19(29)26-18)11-14-5-6-17(30-14)20(22,23)24/h1-7,12H,8-11H2. The Balaban J connectivity index is 1.47. The maximum absolute atomic E-state index is 14.0. The van der Waals surface area contributed by atoms with Crippen LogP contribution >= 0.6 is 11.3 Å².